The largest absolute Gasteiger partial charge is 0.505 e. The molecule has 5 N–H and O–H groups in total. The fraction of sp³-hybridized carbons (Fsp3) is 0.0588. The van der Waals surface area contributed by atoms with Gasteiger partial charge in [0.2, 0.25) is 0 Å². The summed E-state index contributed by atoms with van der Waals surface area (Å²) in [6, 6.07) is 8.97. The minimum absolute atomic E-state index is 0. The number of azo groups is 1. The van der Waals surface area contributed by atoms with E-state index < -0.39 is 52.9 Å². The molecule has 0 aliphatic heterocycles. The van der Waals surface area contributed by atoms with Crippen molar-refractivity contribution in [3.8, 4) is 11.5 Å². The average molecular weight is 517 g/mol. The number of fused-ring (bicyclic) bond motifs is 1. The second kappa shape index (κ2) is 8.78. The minimum atomic E-state index is -4.83. The van der Waals surface area contributed by atoms with E-state index in [1.165, 1.54) is 19.2 Å². The van der Waals surface area contributed by atoms with Crippen LogP contribution in [-0.2, 0) is 37.3 Å². The van der Waals surface area contributed by atoms with E-state index in [9.17, 15) is 36.2 Å². The number of phenols is 2. The van der Waals surface area contributed by atoms with Crippen LogP contribution in [0.25, 0.3) is 10.8 Å². The maximum Gasteiger partial charge on any atom is 0.296 e. The molecular weight excluding hydrogens is 502 g/mol. The molecule has 0 saturated carbocycles. The summed E-state index contributed by atoms with van der Waals surface area (Å²) in [5.41, 5.74) is -1.20. The molecule has 0 amide bonds. The van der Waals surface area contributed by atoms with Gasteiger partial charge in [0.15, 0.2) is 11.5 Å². The van der Waals surface area contributed by atoms with Crippen LogP contribution in [0, 0.1) is 0 Å². The number of nitrogens with one attached hydrogen (secondary N) is 1. The molecule has 14 heteroatoms. The number of aromatic hydroxyl groups is 2. The second-order valence-corrected chi connectivity index (χ2v) is 8.84. The first-order valence-electron chi connectivity index (χ1n) is 8.09. The van der Waals surface area contributed by atoms with Crippen molar-refractivity contribution < 1.29 is 53.2 Å². The first-order chi connectivity index (χ1) is 13.9. The van der Waals surface area contributed by atoms with Gasteiger partial charge in [0.25, 0.3) is 20.2 Å². The number of hydrogen-bond donors (Lipinski definition) is 5. The zero-order chi connectivity index (χ0) is 22.3. The number of rotatable bonds is 5. The molecule has 0 atom stereocenters. The van der Waals surface area contributed by atoms with E-state index in [2.05, 4.69) is 15.5 Å². The molecule has 0 aliphatic rings. The van der Waals surface area contributed by atoms with Crippen molar-refractivity contribution in [1.29, 1.82) is 0 Å². The van der Waals surface area contributed by atoms with E-state index in [-0.39, 0.29) is 28.1 Å². The molecular formula is C17H15CuN3O8S2. The second-order valence-electron chi connectivity index (χ2n) is 6.03. The van der Waals surface area contributed by atoms with Crippen LogP contribution in [0.1, 0.15) is 0 Å². The molecule has 0 spiro atoms. The van der Waals surface area contributed by atoms with Crippen molar-refractivity contribution in [3.63, 3.8) is 0 Å². The molecule has 3 aromatic carbocycles. The van der Waals surface area contributed by atoms with Crippen LogP contribution >= 0.6 is 0 Å². The van der Waals surface area contributed by atoms with Gasteiger partial charge in [-0.3, -0.25) is 9.11 Å². The molecule has 0 aliphatic carbocycles. The summed E-state index contributed by atoms with van der Waals surface area (Å²) in [5, 5.41) is 31.0. The van der Waals surface area contributed by atoms with Crippen molar-refractivity contribution in [1.82, 2.24) is 0 Å². The van der Waals surface area contributed by atoms with Gasteiger partial charge >= 0.3 is 0 Å². The van der Waals surface area contributed by atoms with E-state index in [1.54, 1.807) is 12.1 Å². The van der Waals surface area contributed by atoms with Gasteiger partial charge in [-0.2, -0.15) is 16.8 Å². The molecule has 11 nitrogen and oxygen atoms in total. The molecule has 0 fully saturated rings. The molecule has 169 valence electrons. The smallest absolute Gasteiger partial charge is 0.296 e. The van der Waals surface area contributed by atoms with E-state index in [1.807, 2.05) is 0 Å². The predicted molar refractivity (Wildman–Crippen MR) is 107 cm³/mol. The Morgan fingerprint density at radius 1 is 0.871 bits per heavy atom. The third-order valence-electron chi connectivity index (χ3n) is 4.13. The van der Waals surface area contributed by atoms with Crippen LogP contribution in [0.4, 0.5) is 17.1 Å². The van der Waals surface area contributed by atoms with Crippen LogP contribution in [0.3, 0.4) is 0 Å². The summed E-state index contributed by atoms with van der Waals surface area (Å²) < 4.78 is 65.2. The van der Waals surface area contributed by atoms with Crippen LogP contribution in [0.5, 0.6) is 11.5 Å². The van der Waals surface area contributed by atoms with Gasteiger partial charge in [-0.25, -0.2) is 0 Å². The van der Waals surface area contributed by atoms with Gasteiger partial charge in [-0.05, 0) is 23.6 Å². The standard InChI is InChI=1S/C17H15N3O8S2.Cu/c1-18-12-7-10(29(23,24)25)8-13(17(12)22)19-20-15-14(30(26,27)28)6-9-4-2-3-5-11(9)16(15)21;/h2-8,18,21-22H,1H3,(H,23,24,25)(H,26,27,28);. The summed E-state index contributed by atoms with van der Waals surface area (Å²) in [6.45, 7) is 0. The summed E-state index contributed by atoms with van der Waals surface area (Å²) in [5.74, 6) is -1.16. The monoisotopic (exact) mass is 516 g/mol. The molecule has 1 radical (unpaired) electrons. The Kier molecular flexibility index (Phi) is 6.95. The molecule has 0 heterocycles. The Morgan fingerprint density at radius 3 is 2.10 bits per heavy atom. The van der Waals surface area contributed by atoms with E-state index in [4.69, 9.17) is 0 Å². The third kappa shape index (κ3) is 4.95. The van der Waals surface area contributed by atoms with Crippen molar-refractivity contribution in [3.05, 3.63) is 42.5 Å². The van der Waals surface area contributed by atoms with Gasteiger partial charge in [-0.1, -0.05) is 24.3 Å². The summed E-state index contributed by atoms with van der Waals surface area (Å²) in [4.78, 5) is -1.36. The Labute approximate surface area is 187 Å². The number of hydrogen-bond acceptors (Lipinski definition) is 9. The van der Waals surface area contributed by atoms with Gasteiger partial charge in [0.1, 0.15) is 16.3 Å². The topological polar surface area (TPSA) is 186 Å². The molecule has 31 heavy (non-hydrogen) atoms. The summed E-state index contributed by atoms with van der Waals surface area (Å²) in [6.07, 6.45) is 0. The Morgan fingerprint density at radius 2 is 1.52 bits per heavy atom. The SMILES string of the molecule is CNc1cc(S(=O)(=O)O)cc(N=Nc2c(S(=O)(=O)O)cc3ccccc3c2O)c1O.[Cu]. The average Bonchev–Trinajstić information content (AvgIpc) is 2.66. The van der Waals surface area contributed by atoms with Crippen molar-refractivity contribution in [2.45, 2.75) is 9.79 Å². The zero-order valence-electron chi connectivity index (χ0n) is 15.5. The summed E-state index contributed by atoms with van der Waals surface area (Å²) in [7, 11) is -8.12. The maximum absolute atomic E-state index is 11.8. The van der Waals surface area contributed by atoms with E-state index in [0.29, 0.717) is 5.39 Å². The molecule has 3 rings (SSSR count). The normalized spacial score (nSPS) is 12.1. The van der Waals surface area contributed by atoms with Crippen molar-refractivity contribution in [2.24, 2.45) is 10.2 Å². The zero-order valence-corrected chi connectivity index (χ0v) is 18.1. The van der Waals surface area contributed by atoms with Gasteiger partial charge in [0.05, 0.1) is 10.6 Å². The molecule has 0 aromatic heterocycles. The van der Waals surface area contributed by atoms with Gasteiger partial charge < -0.3 is 15.5 Å². The van der Waals surface area contributed by atoms with Crippen molar-refractivity contribution in [2.75, 3.05) is 12.4 Å². The molecule has 3 aromatic rings. The fourth-order valence-electron chi connectivity index (χ4n) is 2.70. The Balaban J connectivity index is 0.00000341. The van der Waals surface area contributed by atoms with Crippen LogP contribution in [0.2, 0.25) is 0 Å². The third-order valence-corrected chi connectivity index (χ3v) is 5.82. The number of benzene rings is 3. The number of phenolic OH excluding ortho intramolecular Hbond substituents is 2. The number of nitrogens with zero attached hydrogens (tertiary/aromatic N) is 2. The molecule has 0 bridgehead atoms. The van der Waals surface area contributed by atoms with Crippen molar-refractivity contribution >= 4 is 48.1 Å². The first kappa shape index (κ1) is 24.5. The Hall–Kier alpha value is -2.74. The first-order valence-corrected chi connectivity index (χ1v) is 11.0. The van der Waals surface area contributed by atoms with Crippen LogP contribution in [-0.4, -0.2) is 43.2 Å². The quantitative estimate of drug-likeness (QED) is 0.147. The summed E-state index contributed by atoms with van der Waals surface area (Å²) >= 11 is 0. The number of anilines is 1. The Bertz CT molecular complexity index is 1410. The maximum atomic E-state index is 11.8. The van der Waals surface area contributed by atoms with E-state index >= 15 is 0 Å². The van der Waals surface area contributed by atoms with Gasteiger partial charge in [0, 0.05) is 29.5 Å². The van der Waals surface area contributed by atoms with E-state index in [0.717, 1.165) is 18.2 Å². The minimum Gasteiger partial charge on any atom is -0.505 e. The van der Waals surface area contributed by atoms with Gasteiger partial charge in [-0.15, -0.1) is 10.2 Å². The fourth-order valence-corrected chi connectivity index (χ4v) is 3.88. The predicted octanol–water partition coefficient (Wildman–Crippen LogP) is 3.20. The van der Waals surface area contributed by atoms with Crippen LogP contribution in [0.15, 0.2) is 62.5 Å². The van der Waals surface area contributed by atoms with Crippen LogP contribution < -0.4 is 5.32 Å². The molecule has 0 unspecified atom stereocenters. The molecule has 0 saturated heterocycles.